The van der Waals surface area contributed by atoms with Crippen molar-refractivity contribution in [2.45, 2.75) is 6.04 Å². The van der Waals surface area contributed by atoms with Crippen molar-refractivity contribution in [3.8, 4) is 5.75 Å². The van der Waals surface area contributed by atoms with Crippen LogP contribution in [0.2, 0.25) is 0 Å². The molecule has 0 aliphatic carbocycles. The molecule has 31 heavy (non-hydrogen) atoms. The molecule has 2 heterocycles. The maximum Gasteiger partial charge on any atom is 0.352 e. The number of carbonyl (C=O) groups is 2. The Morgan fingerprint density at radius 1 is 1.16 bits per heavy atom. The number of carboxylic acids is 1. The van der Waals surface area contributed by atoms with Crippen LogP contribution in [-0.4, -0.2) is 33.9 Å². The number of hydrogen-bond donors (Lipinski definition) is 3. The molecule has 1 aliphatic rings. The molecule has 2 aromatic carbocycles. The van der Waals surface area contributed by atoms with E-state index in [2.05, 4.69) is 15.7 Å². The second kappa shape index (κ2) is 8.58. The first-order valence-electron chi connectivity index (χ1n) is 9.53. The Bertz CT molecular complexity index is 1160. The lowest BCUT2D eigenvalue weighted by Gasteiger charge is -2.22. The molecule has 0 spiro atoms. The van der Waals surface area contributed by atoms with Gasteiger partial charge in [-0.05, 0) is 35.9 Å². The number of ether oxygens (including phenoxy) is 1. The molecule has 0 bridgehead atoms. The first-order chi connectivity index (χ1) is 15.0. The number of fused-ring (bicyclic) bond motifs is 1. The third-order valence-corrected chi connectivity index (χ3v) is 4.78. The normalized spacial score (nSPS) is 15.0. The van der Waals surface area contributed by atoms with E-state index in [-0.39, 0.29) is 11.3 Å². The van der Waals surface area contributed by atoms with Crippen molar-refractivity contribution in [2.75, 3.05) is 17.7 Å². The zero-order valence-electron chi connectivity index (χ0n) is 16.6. The fourth-order valence-electron chi connectivity index (χ4n) is 3.20. The van der Waals surface area contributed by atoms with Crippen LogP contribution in [0.3, 0.4) is 0 Å². The number of nitrogens with zero attached hydrogens (tertiary/aromatic N) is 2. The number of carbonyl (C=O) groups excluding carboxylic acids is 1. The quantitative estimate of drug-likeness (QED) is 0.565. The van der Waals surface area contributed by atoms with Crippen LogP contribution >= 0.6 is 0 Å². The molecule has 3 aromatic rings. The van der Waals surface area contributed by atoms with Crippen LogP contribution in [0.15, 0.2) is 78.6 Å². The maximum absolute atomic E-state index is 12.8. The largest absolute Gasteiger partial charge is 0.497 e. The highest BCUT2D eigenvalue weighted by Gasteiger charge is 2.27. The van der Waals surface area contributed by atoms with E-state index in [1.165, 1.54) is 6.20 Å². The molecule has 1 atom stereocenters. The molecule has 1 unspecified atom stereocenters. The number of nitrogens with one attached hydrogen (secondary N) is 2. The summed E-state index contributed by atoms with van der Waals surface area (Å²) in [4.78, 5) is 24.5. The highest BCUT2D eigenvalue weighted by molar-refractivity contribution is 6.08. The number of carboxylic acid groups (broad SMARTS) is 1. The van der Waals surface area contributed by atoms with Crippen molar-refractivity contribution in [3.05, 3.63) is 89.8 Å². The molecule has 1 aromatic heterocycles. The monoisotopic (exact) mass is 416 g/mol. The average Bonchev–Trinajstić information content (AvgIpc) is 3.23. The number of methoxy groups -OCH3 is 1. The topological polar surface area (TPSA) is 105 Å². The highest BCUT2D eigenvalue weighted by atomic mass is 16.5. The maximum atomic E-state index is 12.8. The summed E-state index contributed by atoms with van der Waals surface area (Å²) in [5.41, 5.74) is 1.77. The fraction of sp³-hybridized carbons (Fsp3) is 0.0870. The number of rotatable bonds is 6. The van der Waals surface area contributed by atoms with E-state index in [9.17, 15) is 14.7 Å². The first kappa shape index (κ1) is 20.0. The summed E-state index contributed by atoms with van der Waals surface area (Å²) in [7, 11) is 1.56. The smallest absolute Gasteiger partial charge is 0.352 e. The average molecular weight is 416 g/mol. The zero-order chi connectivity index (χ0) is 21.8. The molecular formula is C23H20N4O4. The van der Waals surface area contributed by atoms with E-state index in [4.69, 9.17) is 4.74 Å². The van der Waals surface area contributed by atoms with Crippen LogP contribution in [0, 0.1) is 0 Å². The van der Waals surface area contributed by atoms with Gasteiger partial charge in [0.1, 0.15) is 22.8 Å². The van der Waals surface area contributed by atoms with Crippen LogP contribution in [0.5, 0.6) is 5.75 Å². The lowest BCUT2D eigenvalue weighted by atomic mass is 10.1. The van der Waals surface area contributed by atoms with Crippen LogP contribution in [0.25, 0.3) is 6.08 Å². The number of aliphatic carboxylic acids is 1. The predicted octanol–water partition coefficient (Wildman–Crippen LogP) is 3.79. The van der Waals surface area contributed by atoms with Crippen molar-refractivity contribution in [3.63, 3.8) is 0 Å². The molecule has 3 N–H and O–H groups in total. The number of benzene rings is 2. The van der Waals surface area contributed by atoms with E-state index < -0.39 is 17.9 Å². The Balaban J connectivity index is 1.62. The second-order valence-corrected chi connectivity index (χ2v) is 6.80. The minimum Gasteiger partial charge on any atom is -0.497 e. The summed E-state index contributed by atoms with van der Waals surface area (Å²) in [6, 6.07) is 16.1. The van der Waals surface area contributed by atoms with Crippen molar-refractivity contribution < 1.29 is 19.4 Å². The first-order valence-corrected chi connectivity index (χ1v) is 9.53. The van der Waals surface area contributed by atoms with Gasteiger partial charge in [-0.15, -0.1) is 0 Å². The molecule has 8 heteroatoms. The van der Waals surface area contributed by atoms with Gasteiger partial charge in [0.15, 0.2) is 0 Å². The molecular weight excluding hydrogens is 396 g/mol. The summed E-state index contributed by atoms with van der Waals surface area (Å²) in [6.07, 6.45) is 6.69. The third kappa shape index (κ3) is 4.32. The Kier molecular flexibility index (Phi) is 5.53. The number of aromatic nitrogens is 2. The molecule has 0 fully saturated rings. The lowest BCUT2D eigenvalue weighted by molar-refractivity contribution is -0.132. The van der Waals surface area contributed by atoms with Gasteiger partial charge in [0.25, 0.3) is 5.91 Å². The Morgan fingerprint density at radius 2 is 1.90 bits per heavy atom. The van der Waals surface area contributed by atoms with E-state index in [1.54, 1.807) is 42.1 Å². The van der Waals surface area contributed by atoms with Crippen LogP contribution in [-0.2, 0) is 4.79 Å². The van der Waals surface area contributed by atoms with Gasteiger partial charge in [-0.25, -0.2) is 9.48 Å². The lowest BCUT2D eigenvalue weighted by Crippen LogP contribution is -2.24. The summed E-state index contributed by atoms with van der Waals surface area (Å²) in [5.74, 6) is -0.538. The van der Waals surface area contributed by atoms with Gasteiger partial charge in [0.05, 0.1) is 19.3 Å². The van der Waals surface area contributed by atoms with Crippen LogP contribution < -0.4 is 15.4 Å². The van der Waals surface area contributed by atoms with Gasteiger partial charge in [-0.3, -0.25) is 4.79 Å². The van der Waals surface area contributed by atoms with Crippen molar-refractivity contribution in [1.29, 1.82) is 0 Å². The molecule has 0 saturated carbocycles. The van der Waals surface area contributed by atoms with Crippen molar-refractivity contribution in [2.24, 2.45) is 0 Å². The molecule has 1 amide bonds. The Hall–Kier alpha value is -4.33. The van der Waals surface area contributed by atoms with E-state index in [1.807, 2.05) is 42.5 Å². The van der Waals surface area contributed by atoms with E-state index in [0.717, 1.165) is 5.56 Å². The molecule has 8 nitrogen and oxygen atoms in total. The summed E-state index contributed by atoms with van der Waals surface area (Å²) < 4.78 is 6.70. The summed E-state index contributed by atoms with van der Waals surface area (Å²) in [6.45, 7) is 0. The standard InChI is InChI=1S/C23H20N4O4/c1-31-18-11-8-16(9-12-18)25-22(28)19-14-24-27-17(10-7-15-5-3-2-4-6-15)13-20(23(29)30)26-21(19)27/h2-14,17,26H,1H3,(H,25,28)(H,29,30). The fourth-order valence-corrected chi connectivity index (χ4v) is 3.20. The third-order valence-electron chi connectivity index (χ3n) is 4.78. The SMILES string of the molecule is COc1ccc(NC(=O)c2cnn3c2NC(C(=O)O)=CC3C=Cc2ccccc2)cc1. The molecule has 0 saturated heterocycles. The summed E-state index contributed by atoms with van der Waals surface area (Å²) >= 11 is 0. The Labute approximate surface area is 178 Å². The number of amides is 1. The number of allylic oxidation sites excluding steroid dienone is 2. The van der Waals surface area contributed by atoms with Gasteiger partial charge in [-0.1, -0.05) is 42.5 Å². The summed E-state index contributed by atoms with van der Waals surface area (Å²) in [5, 5.41) is 19.4. The van der Waals surface area contributed by atoms with Gasteiger partial charge in [0, 0.05) is 5.69 Å². The predicted molar refractivity (Wildman–Crippen MR) is 117 cm³/mol. The zero-order valence-corrected chi connectivity index (χ0v) is 16.6. The molecule has 156 valence electrons. The minimum atomic E-state index is -1.12. The minimum absolute atomic E-state index is 0.0193. The van der Waals surface area contributed by atoms with Crippen molar-refractivity contribution in [1.82, 2.24) is 9.78 Å². The Morgan fingerprint density at radius 3 is 2.58 bits per heavy atom. The van der Waals surface area contributed by atoms with E-state index in [0.29, 0.717) is 17.3 Å². The van der Waals surface area contributed by atoms with Gasteiger partial charge < -0.3 is 20.5 Å². The number of anilines is 2. The van der Waals surface area contributed by atoms with Crippen LogP contribution in [0.4, 0.5) is 11.5 Å². The molecule has 4 rings (SSSR count). The molecule has 1 aliphatic heterocycles. The van der Waals surface area contributed by atoms with Crippen molar-refractivity contribution >= 4 is 29.5 Å². The number of hydrogen-bond acceptors (Lipinski definition) is 5. The van der Waals surface area contributed by atoms with Gasteiger partial charge in [-0.2, -0.15) is 5.10 Å². The highest BCUT2D eigenvalue weighted by Crippen LogP contribution is 2.30. The van der Waals surface area contributed by atoms with Gasteiger partial charge >= 0.3 is 5.97 Å². The molecule has 0 radical (unpaired) electrons. The van der Waals surface area contributed by atoms with Crippen LogP contribution in [0.1, 0.15) is 22.0 Å². The second-order valence-electron chi connectivity index (χ2n) is 6.80. The van der Waals surface area contributed by atoms with Gasteiger partial charge in [0.2, 0.25) is 0 Å². The van der Waals surface area contributed by atoms with E-state index >= 15 is 0 Å².